The Morgan fingerprint density at radius 1 is 1.75 bits per heavy atom. The van der Waals surface area contributed by atoms with Crippen molar-refractivity contribution in [2.75, 3.05) is 23.9 Å². The van der Waals surface area contributed by atoms with Crippen molar-refractivity contribution in [3.05, 3.63) is 11.6 Å². The number of aromatic nitrogens is 1. The molecule has 0 aromatic carbocycles. The van der Waals surface area contributed by atoms with Crippen molar-refractivity contribution in [3.8, 4) is 0 Å². The molecule has 66 valence electrons. The molecule has 4 heteroatoms. The molecule has 1 aromatic heterocycles. The number of halogens is 1. The Morgan fingerprint density at radius 2 is 2.67 bits per heavy atom. The highest BCUT2D eigenvalue weighted by Crippen LogP contribution is 2.25. The van der Waals surface area contributed by atoms with Gasteiger partial charge in [0, 0.05) is 30.5 Å². The first-order chi connectivity index (χ1) is 5.90. The van der Waals surface area contributed by atoms with Crippen molar-refractivity contribution < 1.29 is 0 Å². The standard InChI is InChI=1S/C8H11ClN2S/c9-5-7-1-3-11(6-7)8-10-2-4-12-8/h2,4,7H,1,3,5-6H2. The van der Waals surface area contributed by atoms with Crippen molar-refractivity contribution in [1.82, 2.24) is 4.98 Å². The van der Waals surface area contributed by atoms with Crippen LogP contribution >= 0.6 is 22.9 Å². The zero-order chi connectivity index (χ0) is 8.39. The minimum absolute atomic E-state index is 0.663. The molecule has 1 aromatic rings. The van der Waals surface area contributed by atoms with Crippen LogP contribution in [0.15, 0.2) is 11.6 Å². The molecule has 1 unspecified atom stereocenters. The third-order valence-electron chi connectivity index (χ3n) is 2.19. The number of hydrogen-bond donors (Lipinski definition) is 0. The quantitative estimate of drug-likeness (QED) is 0.684. The van der Waals surface area contributed by atoms with Crippen LogP contribution in [0, 0.1) is 5.92 Å². The summed E-state index contributed by atoms with van der Waals surface area (Å²) < 4.78 is 0. The lowest BCUT2D eigenvalue weighted by Gasteiger charge is -2.13. The molecule has 0 bridgehead atoms. The summed E-state index contributed by atoms with van der Waals surface area (Å²) in [5, 5.41) is 3.16. The van der Waals surface area contributed by atoms with Crippen molar-refractivity contribution in [2.45, 2.75) is 6.42 Å². The van der Waals surface area contributed by atoms with E-state index >= 15 is 0 Å². The molecule has 1 atom stereocenters. The molecule has 1 saturated heterocycles. The molecule has 0 saturated carbocycles. The second kappa shape index (κ2) is 3.62. The SMILES string of the molecule is ClCC1CCN(c2nccs2)C1. The maximum Gasteiger partial charge on any atom is 0.185 e. The van der Waals surface area contributed by atoms with E-state index in [1.165, 1.54) is 6.42 Å². The second-order valence-corrected chi connectivity index (χ2v) is 4.25. The summed E-state index contributed by atoms with van der Waals surface area (Å²) in [6.45, 7) is 2.20. The van der Waals surface area contributed by atoms with Gasteiger partial charge in [-0.05, 0) is 12.3 Å². The molecule has 0 radical (unpaired) electrons. The van der Waals surface area contributed by atoms with Crippen LogP contribution in [0.25, 0.3) is 0 Å². The fourth-order valence-corrected chi connectivity index (χ4v) is 2.44. The molecule has 0 N–H and O–H groups in total. The van der Waals surface area contributed by atoms with E-state index in [0.717, 1.165) is 24.1 Å². The highest BCUT2D eigenvalue weighted by molar-refractivity contribution is 7.13. The van der Waals surface area contributed by atoms with E-state index in [-0.39, 0.29) is 0 Å². The van der Waals surface area contributed by atoms with Gasteiger partial charge in [-0.2, -0.15) is 0 Å². The lowest BCUT2D eigenvalue weighted by molar-refractivity contribution is 0.667. The Hall–Kier alpha value is -0.280. The van der Waals surface area contributed by atoms with Crippen LogP contribution in [-0.2, 0) is 0 Å². The largest absolute Gasteiger partial charge is 0.348 e. The summed E-state index contributed by atoms with van der Waals surface area (Å²) in [5.74, 6) is 1.44. The minimum atomic E-state index is 0.663. The van der Waals surface area contributed by atoms with Gasteiger partial charge >= 0.3 is 0 Å². The van der Waals surface area contributed by atoms with Crippen LogP contribution in [0.5, 0.6) is 0 Å². The number of thiazole rings is 1. The van der Waals surface area contributed by atoms with Crippen LogP contribution in [-0.4, -0.2) is 24.0 Å². The molecule has 2 heterocycles. The van der Waals surface area contributed by atoms with Gasteiger partial charge in [0.25, 0.3) is 0 Å². The van der Waals surface area contributed by atoms with E-state index in [4.69, 9.17) is 11.6 Å². The van der Waals surface area contributed by atoms with E-state index < -0.39 is 0 Å². The zero-order valence-electron chi connectivity index (χ0n) is 6.74. The molecule has 12 heavy (non-hydrogen) atoms. The molecule has 0 aliphatic carbocycles. The fourth-order valence-electron chi connectivity index (χ4n) is 1.50. The van der Waals surface area contributed by atoms with Gasteiger partial charge in [-0.25, -0.2) is 4.98 Å². The maximum absolute atomic E-state index is 5.79. The van der Waals surface area contributed by atoms with Gasteiger partial charge in [0.15, 0.2) is 5.13 Å². The highest BCUT2D eigenvalue weighted by Gasteiger charge is 2.22. The highest BCUT2D eigenvalue weighted by atomic mass is 35.5. The van der Waals surface area contributed by atoms with Crippen molar-refractivity contribution >= 4 is 28.1 Å². The molecule has 1 aliphatic heterocycles. The van der Waals surface area contributed by atoms with Gasteiger partial charge in [0.2, 0.25) is 0 Å². The van der Waals surface area contributed by atoms with E-state index in [2.05, 4.69) is 9.88 Å². The summed E-state index contributed by atoms with van der Waals surface area (Å²) in [5.41, 5.74) is 0. The first-order valence-corrected chi connectivity index (χ1v) is 5.52. The van der Waals surface area contributed by atoms with Gasteiger partial charge in [0.05, 0.1) is 0 Å². The number of hydrogen-bond acceptors (Lipinski definition) is 3. The van der Waals surface area contributed by atoms with Crippen LogP contribution in [0.1, 0.15) is 6.42 Å². The van der Waals surface area contributed by atoms with Gasteiger partial charge < -0.3 is 4.90 Å². The average molecular weight is 203 g/mol. The third-order valence-corrected chi connectivity index (χ3v) is 3.46. The molecule has 1 fully saturated rings. The van der Waals surface area contributed by atoms with Crippen LogP contribution in [0.4, 0.5) is 5.13 Å². The first kappa shape index (κ1) is 8.32. The predicted octanol–water partition coefficient (Wildman–Crippen LogP) is 2.21. The molecule has 2 rings (SSSR count). The van der Waals surface area contributed by atoms with E-state index in [0.29, 0.717) is 5.92 Å². The summed E-state index contributed by atoms with van der Waals surface area (Å²) in [6.07, 6.45) is 3.07. The van der Waals surface area contributed by atoms with Gasteiger partial charge in [-0.15, -0.1) is 22.9 Å². The maximum atomic E-state index is 5.79. The van der Waals surface area contributed by atoms with E-state index in [9.17, 15) is 0 Å². The smallest absolute Gasteiger partial charge is 0.185 e. The van der Waals surface area contributed by atoms with Crippen molar-refractivity contribution in [2.24, 2.45) is 5.92 Å². The molecule has 2 nitrogen and oxygen atoms in total. The lowest BCUT2D eigenvalue weighted by Crippen LogP contribution is -2.19. The lowest BCUT2D eigenvalue weighted by atomic mass is 10.2. The molecular formula is C8H11ClN2S. The molecule has 0 amide bonds. The van der Waals surface area contributed by atoms with Crippen molar-refractivity contribution in [1.29, 1.82) is 0 Å². The Bertz CT molecular complexity index is 237. The Balaban J connectivity index is 2.00. The normalized spacial score (nSPS) is 23.4. The number of alkyl halides is 1. The van der Waals surface area contributed by atoms with Crippen LogP contribution < -0.4 is 4.90 Å². The summed E-state index contributed by atoms with van der Waals surface area (Å²) in [6, 6.07) is 0. The summed E-state index contributed by atoms with van der Waals surface area (Å²) >= 11 is 7.50. The Kier molecular flexibility index (Phi) is 2.51. The molecular weight excluding hydrogens is 192 g/mol. The van der Waals surface area contributed by atoms with Crippen LogP contribution in [0.3, 0.4) is 0 Å². The molecule has 0 spiro atoms. The fraction of sp³-hybridized carbons (Fsp3) is 0.625. The Labute approximate surface area is 81.2 Å². The van der Waals surface area contributed by atoms with Gasteiger partial charge in [-0.3, -0.25) is 0 Å². The first-order valence-electron chi connectivity index (χ1n) is 4.10. The topological polar surface area (TPSA) is 16.1 Å². The third kappa shape index (κ3) is 1.57. The number of rotatable bonds is 2. The van der Waals surface area contributed by atoms with Gasteiger partial charge in [-0.1, -0.05) is 0 Å². The Morgan fingerprint density at radius 3 is 3.25 bits per heavy atom. The molecule has 1 aliphatic rings. The summed E-state index contributed by atoms with van der Waals surface area (Å²) in [4.78, 5) is 6.59. The minimum Gasteiger partial charge on any atom is -0.348 e. The van der Waals surface area contributed by atoms with Gasteiger partial charge in [0.1, 0.15) is 0 Å². The predicted molar refractivity (Wildman–Crippen MR) is 53.2 cm³/mol. The number of anilines is 1. The zero-order valence-corrected chi connectivity index (χ0v) is 8.31. The summed E-state index contributed by atoms with van der Waals surface area (Å²) in [7, 11) is 0. The van der Waals surface area contributed by atoms with E-state index in [1.54, 1.807) is 11.3 Å². The second-order valence-electron chi connectivity index (χ2n) is 3.07. The van der Waals surface area contributed by atoms with E-state index in [1.807, 2.05) is 11.6 Å². The number of nitrogens with zero attached hydrogens (tertiary/aromatic N) is 2. The van der Waals surface area contributed by atoms with Crippen molar-refractivity contribution in [3.63, 3.8) is 0 Å². The van der Waals surface area contributed by atoms with Crippen LogP contribution in [0.2, 0.25) is 0 Å². The average Bonchev–Trinajstić information content (AvgIpc) is 2.75. The monoisotopic (exact) mass is 202 g/mol.